The lowest BCUT2D eigenvalue weighted by molar-refractivity contribution is 0.562. The lowest BCUT2D eigenvalue weighted by Gasteiger charge is -2.10. The number of aromatic amines is 1. The molecule has 2 heterocycles. The summed E-state index contributed by atoms with van der Waals surface area (Å²) in [5.74, 6) is 3.28. The van der Waals surface area contributed by atoms with Crippen molar-refractivity contribution in [3.63, 3.8) is 0 Å². The van der Waals surface area contributed by atoms with Crippen LogP contribution in [-0.4, -0.2) is 35.4 Å². The van der Waals surface area contributed by atoms with Crippen LogP contribution in [0.25, 0.3) is 11.4 Å². The lowest BCUT2D eigenvalue weighted by Crippen LogP contribution is -2.09. The Morgan fingerprint density at radius 2 is 1.77 bits per heavy atom. The molecule has 0 saturated carbocycles. The van der Waals surface area contributed by atoms with Crippen molar-refractivity contribution in [1.29, 1.82) is 0 Å². The average molecular weight is 416 g/mol. The van der Waals surface area contributed by atoms with Gasteiger partial charge in [0, 0.05) is 18.4 Å². The van der Waals surface area contributed by atoms with Gasteiger partial charge in [-0.2, -0.15) is 5.10 Å². The summed E-state index contributed by atoms with van der Waals surface area (Å²) in [7, 11) is 0. The molecule has 0 spiro atoms. The Hall–Kier alpha value is -3.35. The molecule has 0 unspecified atom stereocenters. The minimum absolute atomic E-state index is 0.555. The van der Waals surface area contributed by atoms with Crippen molar-refractivity contribution in [2.45, 2.75) is 53.0 Å². The molecule has 4 aromatic rings. The highest BCUT2D eigenvalue weighted by Gasteiger charge is 2.12. The Morgan fingerprint density at radius 3 is 2.48 bits per heavy atom. The first-order chi connectivity index (χ1) is 15.1. The smallest absolute Gasteiger partial charge is 0.179 e. The molecule has 4 rings (SSSR count). The quantitative estimate of drug-likeness (QED) is 0.442. The highest BCUT2D eigenvalue weighted by atomic mass is 15.5. The number of nitrogens with one attached hydrogen (secondary N) is 1. The van der Waals surface area contributed by atoms with E-state index in [1.165, 1.54) is 16.7 Å². The zero-order chi connectivity index (χ0) is 21.6. The second kappa shape index (κ2) is 9.64. The molecule has 0 aliphatic heterocycles. The van der Waals surface area contributed by atoms with Gasteiger partial charge in [-0.05, 0) is 45.9 Å². The maximum Gasteiger partial charge on any atom is 0.179 e. The minimum atomic E-state index is 0.555. The summed E-state index contributed by atoms with van der Waals surface area (Å²) in [4.78, 5) is 4.78. The number of rotatable bonds is 9. The van der Waals surface area contributed by atoms with E-state index in [4.69, 9.17) is 10.1 Å². The summed E-state index contributed by atoms with van der Waals surface area (Å²) in [6, 6.07) is 17.0. The van der Waals surface area contributed by atoms with E-state index < -0.39 is 0 Å². The van der Waals surface area contributed by atoms with E-state index in [9.17, 15) is 0 Å². The maximum atomic E-state index is 4.78. The zero-order valence-electron chi connectivity index (χ0n) is 18.4. The van der Waals surface area contributed by atoms with Gasteiger partial charge < -0.3 is 0 Å². The van der Waals surface area contributed by atoms with Gasteiger partial charge in [0.05, 0.1) is 6.54 Å². The van der Waals surface area contributed by atoms with Crippen LogP contribution in [0.1, 0.15) is 55.5 Å². The van der Waals surface area contributed by atoms with Gasteiger partial charge in [-0.3, -0.25) is 0 Å². The highest BCUT2D eigenvalue weighted by molar-refractivity contribution is 5.60. The first-order valence-corrected chi connectivity index (χ1v) is 10.9. The van der Waals surface area contributed by atoms with Crippen LogP contribution in [0.2, 0.25) is 0 Å². The molecule has 160 valence electrons. The van der Waals surface area contributed by atoms with Crippen LogP contribution in [0.5, 0.6) is 0 Å². The molecular weight excluding hydrogens is 386 g/mol. The van der Waals surface area contributed by atoms with E-state index in [1.807, 2.05) is 18.2 Å². The third-order valence-corrected chi connectivity index (χ3v) is 5.22. The van der Waals surface area contributed by atoms with E-state index in [0.717, 1.165) is 49.4 Å². The number of hydrogen-bond acceptors (Lipinski definition) is 5. The molecule has 0 aliphatic carbocycles. The zero-order valence-corrected chi connectivity index (χ0v) is 18.4. The number of H-pyrrole nitrogens is 1. The van der Waals surface area contributed by atoms with Gasteiger partial charge in [0.1, 0.15) is 5.82 Å². The summed E-state index contributed by atoms with van der Waals surface area (Å²) in [5.41, 5.74) is 4.69. The van der Waals surface area contributed by atoms with Gasteiger partial charge in [0.2, 0.25) is 0 Å². The molecule has 0 aliphatic rings. The van der Waals surface area contributed by atoms with Gasteiger partial charge in [0.15, 0.2) is 11.6 Å². The third-order valence-electron chi connectivity index (χ3n) is 5.22. The topological polar surface area (TPSA) is 85.2 Å². The predicted octanol–water partition coefficient (Wildman–Crippen LogP) is 4.25. The van der Waals surface area contributed by atoms with Crippen molar-refractivity contribution >= 4 is 0 Å². The molecule has 0 bridgehead atoms. The summed E-state index contributed by atoms with van der Waals surface area (Å²) in [6.45, 7) is 7.36. The molecular formula is C24H29N7. The normalized spacial score (nSPS) is 11.4. The van der Waals surface area contributed by atoms with Crippen LogP contribution in [0.4, 0.5) is 0 Å². The Morgan fingerprint density at radius 1 is 1.00 bits per heavy atom. The van der Waals surface area contributed by atoms with E-state index in [0.29, 0.717) is 11.7 Å². The Balaban J connectivity index is 1.50. The van der Waals surface area contributed by atoms with Gasteiger partial charge in [-0.1, -0.05) is 69.3 Å². The molecule has 7 nitrogen and oxygen atoms in total. The van der Waals surface area contributed by atoms with Gasteiger partial charge in [-0.25, -0.2) is 14.8 Å². The van der Waals surface area contributed by atoms with Crippen molar-refractivity contribution in [2.24, 2.45) is 5.92 Å². The SMILES string of the molecule is CCCc1nc(CC(C)C)n(Cc2ccc(Cc3ccccc3-c3nnn[nH]3)cc2)n1. The highest BCUT2D eigenvalue weighted by Crippen LogP contribution is 2.22. The van der Waals surface area contributed by atoms with Crippen molar-refractivity contribution in [1.82, 2.24) is 35.4 Å². The molecule has 1 N–H and O–H groups in total. The monoisotopic (exact) mass is 415 g/mol. The Labute approximate surface area is 182 Å². The molecule has 0 fully saturated rings. The van der Waals surface area contributed by atoms with Crippen molar-refractivity contribution in [2.75, 3.05) is 0 Å². The van der Waals surface area contributed by atoms with Crippen molar-refractivity contribution in [3.8, 4) is 11.4 Å². The fourth-order valence-electron chi connectivity index (χ4n) is 3.73. The van der Waals surface area contributed by atoms with E-state index >= 15 is 0 Å². The summed E-state index contributed by atoms with van der Waals surface area (Å²) in [5, 5.41) is 19.1. The van der Waals surface area contributed by atoms with Gasteiger partial charge in [0.25, 0.3) is 0 Å². The number of aromatic nitrogens is 7. The summed E-state index contributed by atoms with van der Waals surface area (Å²) < 4.78 is 2.08. The summed E-state index contributed by atoms with van der Waals surface area (Å²) in [6.07, 6.45) is 3.75. The van der Waals surface area contributed by atoms with Crippen LogP contribution < -0.4 is 0 Å². The fraction of sp³-hybridized carbons (Fsp3) is 0.375. The van der Waals surface area contributed by atoms with E-state index in [2.05, 4.69) is 76.4 Å². The molecule has 0 saturated heterocycles. The standard InChI is InChI=1S/C24H29N7/c1-4-7-22-25-23(14-17(2)3)31(28-22)16-19-12-10-18(11-13-19)15-20-8-5-6-9-21(20)24-26-29-30-27-24/h5-6,8-13,17H,4,7,14-16H2,1-3H3,(H,26,27,29,30). The predicted molar refractivity (Wildman–Crippen MR) is 121 cm³/mol. The molecule has 0 amide bonds. The largest absolute Gasteiger partial charge is 0.245 e. The third kappa shape index (κ3) is 5.23. The van der Waals surface area contributed by atoms with Crippen molar-refractivity contribution in [3.05, 3.63) is 76.9 Å². The van der Waals surface area contributed by atoms with Crippen LogP contribution in [0.3, 0.4) is 0 Å². The van der Waals surface area contributed by atoms with E-state index in [-0.39, 0.29) is 0 Å². The van der Waals surface area contributed by atoms with Crippen LogP contribution in [0, 0.1) is 5.92 Å². The molecule has 2 aromatic heterocycles. The van der Waals surface area contributed by atoms with Gasteiger partial charge >= 0.3 is 0 Å². The first kappa shape index (κ1) is 20.9. The molecule has 31 heavy (non-hydrogen) atoms. The summed E-state index contributed by atoms with van der Waals surface area (Å²) >= 11 is 0. The molecule has 2 aromatic carbocycles. The molecule has 0 atom stereocenters. The number of tetrazole rings is 1. The number of aryl methyl sites for hydroxylation is 1. The number of nitrogens with zero attached hydrogens (tertiary/aromatic N) is 6. The average Bonchev–Trinajstić information content (AvgIpc) is 3.41. The molecule has 7 heteroatoms. The van der Waals surface area contributed by atoms with Crippen LogP contribution >= 0.6 is 0 Å². The van der Waals surface area contributed by atoms with Crippen LogP contribution in [-0.2, 0) is 25.8 Å². The lowest BCUT2D eigenvalue weighted by atomic mass is 9.98. The maximum absolute atomic E-state index is 4.78. The number of hydrogen-bond donors (Lipinski definition) is 1. The second-order valence-electron chi connectivity index (χ2n) is 8.35. The fourth-order valence-corrected chi connectivity index (χ4v) is 3.73. The molecule has 0 radical (unpaired) electrons. The van der Waals surface area contributed by atoms with Crippen molar-refractivity contribution < 1.29 is 0 Å². The second-order valence-corrected chi connectivity index (χ2v) is 8.35. The minimum Gasteiger partial charge on any atom is -0.245 e. The van der Waals surface area contributed by atoms with Gasteiger partial charge in [-0.15, -0.1) is 5.10 Å². The Bertz CT molecular complexity index is 1100. The Kier molecular flexibility index (Phi) is 6.50. The van der Waals surface area contributed by atoms with E-state index in [1.54, 1.807) is 0 Å². The number of benzene rings is 2. The van der Waals surface area contributed by atoms with Crippen LogP contribution in [0.15, 0.2) is 48.5 Å². The first-order valence-electron chi connectivity index (χ1n) is 10.9.